The number of aromatic hydroxyl groups is 1. The quantitative estimate of drug-likeness (QED) is 0.0839. The number of nitrogen functional groups attached to an aromatic ring is 1. The van der Waals surface area contributed by atoms with Crippen molar-refractivity contribution in [1.82, 2.24) is 40.7 Å². The van der Waals surface area contributed by atoms with E-state index in [9.17, 15) is 24.6 Å². The van der Waals surface area contributed by atoms with Gasteiger partial charge in [-0.15, -0.1) is 21.5 Å². The number of likely N-dealkylation sites (tertiary alicyclic amines) is 1. The number of phenolic OH excluding ortho intramolecular Hbond substituents is 1. The topological polar surface area (TPSA) is 216 Å². The number of unbranched alkanes of at least 4 members (excludes halogenated alkanes) is 1. The Labute approximate surface area is 382 Å². The smallest absolute Gasteiger partial charge is 0.246 e. The van der Waals surface area contributed by atoms with Crippen molar-refractivity contribution >= 4 is 46.5 Å². The molecule has 3 amide bonds. The molecule has 0 spiro atoms. The molecule has 5 aromatic rings. The summed E-state index contributed by atoms with van der Waals surface area (Å²) in [6.07, 6.45) is 5.75. The number of aryl methyl sites for hydroxylation is 1. The molecule has 17 heteroatoms. The average molecular weight is 898 g/mol. The number of phenols is 1. The summed E-state index contributed by atoms with van der Waals surface area (Å²) >= 11 is 1.58. The number of hydrogen-bond donors (Lipinski definition) is 5. The number of amides is 3. The molecule has 8 rings (SSSR count). The van der Waals surface area contributed by atoms with Crippen molar-refractivity contribution in [3.8, 4) is 39.3 Å². The number of benzene rings is 2. The van der Waals surface area contributed by atoms with E-state index in [2.05, 4.69) is 57.4 Å². The summed E-state index contributed by atoms with van der Waals surface area (Å²) in [4.78, 5) is 61.5. The molecule has 3 aliphatic rings. The van der Waals surface area contributed by atoms with E-state index >= 15 is 0 Å². The van der Waals surface area contributed by atoms with Gasteiger partial charge in [0, 0.05) is 75.5 Å². The molecule has 16 nitrogen and oxygen atoms in total. The number of β-amino-alcohol motifs (C(OH)–C–C–N with tert-alkyl or cyclic N) is 1. The van der Waals surface area contributed by atoms with Gasteiger partial charge < -0.3 is 41.3 Å². The summed E-state index contributed by atoms with van der Waals surface area (Å²) in [5.41, 5.74) is 13.0. The molecule has 0 aliphatic carbocycles. The number of para-hydroxylation sites is 1. The fraction of sp³-hybridized carbons (Fsp3) is 0.417. The number of nitrogens with one attached hydrogen (secondary N) is 2. The van der Waals surface area contributed by atoms with Crippen molar-refractivity contribution in [2.45, 2.75) is 103 Å². The normalized spacial score (nSPS) is 19.7. The van der Waals surface area contributed by atoms with E-state index in [1.54, 1.807) is 41.9 Å². The molecule has 3 saturated heterocycles. The second-order valence-corrected chi connectivity index (χ2v) is 18.9. The first-order chi connectivity index (χ1) is 31.2. The molecular formula is C48H55N11O5S. The molecular weight excluding hydrogens is 843 g/mol. The first-order valence-electron chi connectivity index (χ1n) is 22.0. The molecule has 6 heterocycles. The molecule has 338 valence electrons. The Bertz CT molecular complexity index is 2570. The first kappa shape index (κ1) is 44.9. The van der Waals surface area contributed by atoms with Crippen LogP contribution >= 0.6 is 11.3 Å². The number of carbonyl (C=O) groups is 3. The van der Waals surface area contributed by atoms with Crippen LogP contribution in [0.2, 0.25) is 0 Å². The highest BCUT2D eigenvalue weighted by Gasteiger charge is 2.45. The number of aliphatic hydroxyl groups excluding tert-OH is 1. The van der Waals surface area contributed by atoms with Crippen LogP contribution in [0.3, 0.4) is 0 Å². The fourth-order valence-electron chi connectivity index (χ4n) is 8.93. The molecule has 2 aromatic carbocycles. The van der Waals surface area contributed by atoms with E-state index in [-0.39, 0.29) is 55.6 Å². The van der Waals surface area contributed by atoms with Gasteiger partial charge >= 0.3 is 0 Å². The molecule has 0 radical (unpaired) electrons. The lowest BCUT2D eigenvalue weighted by molar-refractivity contribution is -0.144. The third kappa shape index (κ3) is 10.2. The van der Waals surface area contributed by atoms with Crippen LogP contribution in [0.1, 0.15) is 76.1 Å². The summed E-state index contributed by atoms with van der Waals surface area (Å²) in [6.45, 7) is 9.25. The van der Waals surface area contributed by atoms with Crippen LogP contribution in [0.15, 0.2) is 72.5 Å². The molecule has 3 aliphatic heterocycles. The van der Waals surface area contributed by atoms with Crippen LogP contribution in [-0.4, -0.2) is 108 Å². The Morgan fingerprint density at radius 3 is 2.38 bits per heavy atom. The predicted molar refractivity (Wildman–Crippen MR) is 249 cm³/mol. The van der Waals surface area contributed by atoms with Crippen molar-refractivity contribution in [2.24, 2.45) is 5.41 Å². The number of piperazine rings is 1. The van der Waals surface area contributed by atoms with Crippen LogP contribution in [0.5, 0.6) is 5.75 Å². The molecule has 3 aromatic heterocycles. The number of rotatable bonds is 12. The predicted octanol–water partition coefficient (Wildman–Crippen LogP) is 4.84. The maximum absolute atomic E-state index is 14.0. The summed E-state index contributed by atoms with van der Waals surface area (Å²) in [7, 11) is 0. The molecule has 65 heavy (non-hydrogen) atoms. The Morgan fingerprint density at radius 2 is 1.71 bits per heavy atom. The standard InChI is InChI=1S/C48H55N11O5S/c1-29-42(65-28-53-29)32-16-14-30(15-17-32)22-50-45(63)39-20-35(60)27-58(39)46(64)43(48(2,3)4)54-41(62)13-7-5-6-10-31-23-51-47(52-24-31)59-33-18-19-34(59)26-57(25-33)38-21-37(55-56-44(38)49)36-11-8-9-12-40(36)61/h8-9,11-12,14-17,21,23-24,28,33-35,39,43,60-61H,5,7,13,18-20,22,25-27H2,1-4H3,(H2,49,56)(H,50,63)(H,54,62)/t33?,34?,35-,39+,43-/m1/s1. The van der Waals surface area contributed by atoms with Gasteiger partial charge in [0.1, 0.15) is 17.8 Å². The van der Waals surface area contributed by atoms with Gasteiger partial charge in [0.25, 0.3) is 0 Å². The number of aromatic nitrogens is 5. The van der Waals surface area contributed by atoms with Crippen molar-refractivity contribution in [2.75, 3.05) is 35.2 Å². The summed E-state index contributed by atoms with van der Waals surface area (Å²) < 4.78 is 0. The summed E-state index contributed by atoms with van der Waals surface area (Å²) in [5.74, 6) is 6.31. The van der Waals surface area contributed by atoms with Gasteiger partial charge in [-0.05, 0) is 60.9 Å². The Morgan fingerprint density at radius 1 is 0.985 bits per heavy atom. The fourth-order valence-corrected chi connectivity index (χ4v) is 9.74. The second kappa shape index (κ2) is 19.2. The minimum Gasteiger partial charge on any atom is -0.507 e. The average Bonchev–Trinajstić information content (AvgIpc) is 3.98. The van der Waals surface area contributed by atoms with E-state index in [0.29, 0.717) is 54.5 Å². The van der Waals surface area contributed by atoms with Crippen LogP contribution in [0.25, 0.3) is 21.7 Å². The molecule has 6 N–H and O–H groups in total. The third-order valence-electron chi connectivity index (χ3n) is 12.3. The summed E-state index contributed by atoms with van der Waals surface area (Å²) in [6, 6.07) is 15.4. The van der Waals surface area contributed by atoms with Crippen LogP contribution in [0.4, 0.5) is 17.5 Å². The van der Waals surface area contributed by atoms with Crippen molar-refractivity contribution in [3.63, 3.8) is 0 Å². The molecule has 5 atom stereocenters. The lowest BCUT2D eigenvalue weighted by Gasteiger charge is -2.42. The van der Waals surface area contributed by atoms with Crippen LogP contribution < -0.4 is 26.2 Å². The van der Waals surface area contributed by atoms with E-state index in [1.165, 1.54) is 4.90 Å². The minimum absolute atomic E-state index is 0.00374. The number of aliphatic hydroxyl groups is 1. The van der Waals surface area contributed by atoms with Crippen LogP contribution in [0, 0.1) is 24.2 Å². The van der Waals surface area contributed by atoms with Crippen molar-refractivity contribution in [1.29, 1.82) is 0 Å². The highest BCUT2D eigenvalue weighted by Crippen LogP contribution is 2.38. The molecule has 2 bridgehead atoms. The summed E-state index contributed by atoms with van der Waals surface area (Å²) in [5, 5.41) is 35.3. The highest BCUT2D eigenvalue weighted by molar-refractivity contribution is 7.13. The Balaban J connectivity index is 0.811. The van der Waals surface area contributed by atoms with Gasteiger partial charge in [0.15, 0.2) is 5.82 Å². The SMILES string of the molecule is Cc1ncsc1-c1ccc(CNC(=O)[C@@H]2C[C@@H](O)CN2C(=O)[C@@H](NC(=O)CCCC#Cc2cnc(N3C4CCC3CN(c3cc(-c5ccccc5O)nnc3N)C4)nc2)C(C)(C)C)cc1. The highest BCUT2D eigenvalue weighted by atomic mass is 32.1. The molecule has 0 saturated carbocycles. The molecule has 2 unspecified atom stereocenters. The first-order valence-corrected chi connectivity index (χ1v) is 22.9. The second-order valence-electron chi connectivity index (χ2n) is 18.1. The van der Waals surface area contributed by atoms with E-state index < -0.39 is 29.5 Å². The number of nitrogens with zero attached hydrogens (tertiary/aromatic N) is 8. The van der Waals surface area contributed by atoms with Gasteiger partial charge in [0.2, 0.25) is 23.7 Å². The number of nitrogens with two attached hydrogens (primary N) is 1. The van der Waals surface area contributed by atoms with Crippen LogP contribution in [-0.2, 0) is 20.9 Å². The van der Waals surface area contributed by atoms with Gasteiger partial charge in [0.05, 0.1) is 39.1 Å². The zero-order chi connectivity index (χ0) is 45.8. The number of anilines is 3. The monoisotopic (exact) mass is 897 g/mol. The minimum atomic E-state index is -0.910. The van der Waals surface area contributed by atoms with Gasteiger partial charge in [-0.1, -0.05) is 69.0 Å². The zero-order valence-corrected chi connectivity index (χ0v) is 37.9. The van der Waals surface area contributed by atoms with E-state index in [4.69, 9.17) is 5.73 Å². The molecule has 3 fully saturated rings. The number of fused-ring (bicyclic) bond motifs is 2. The number of carbonyl (C=O) groups excluding carboxylic acids is 3. The lowest BCUT2D eigenvalue weighted by atomic mass is 9.85. The largest absolute Gasteiger partial charge is 0.507 e. The lowest BCUT2D eigenvalue weighted by Crippen LogP contribution is -2.57. The number of thiazole rings is 1. The van der Waals surface area contributed by atoms with Gasteiger partial charge in [-0.25, -0.2) is 15.0 Å². The Hall–Kier alpha value is -6.64. The van der Waals surface area contributed by atoms with Gasteiger partial charge in [-0.2, -0.15) is 0 Å². The van der Waals surface area contributed by atoms with Crippen molar-refractivity contribution < 1.29 is 24.6 Å². The van der Waals surface area contributed by atoms with Crippen molar-refractivity contribution in [3.05, 3.63) is 89.3 Å². The zero-order valence-electron chi connectivity index (χ0n) is 37.1. The maximum Gasteiger partial charge on any atom is 0.246 e. The van der Waals surface area contributed by atoms with E-state index in [1.807, 2.05) is 69.6 Å². The number of hydrogen-bond acceptors (Lipinski definition) is 14. The van der Waals surface area contributed by atoms with E-state index in [0.717, 1.165) is 40.2 Å². The maximum atomic E-state index is 14.0. The third-order valence-corrected chi connectivity index (χ3v) is 13.3. The van der Waals surface area contributed by atoms with Gasteiger partial charge in [-0.3, -0.25) is 14.4 Å². The Kier molecular flexibility index (Phi) is 13.3.